The van der Waals surface area contributed by atoms with Gasteiger partial charge in [-0.2, -0.15) is 4.31 Å². The molecule has 0 fully saturated rings. The molecule has 1 aromatic carbocycles. The van der Waals surface area contributed by atoms with Gasteiger partial charge in [-0.05, 0) is 51.0 Å². The number of likely N-dealkylation sites (N-methyl/N-ethyl adjacent to an activating group) is 1. The van der Waals surface area contributed by atoms with Crippen molar-refractivity contribution in [2.45, 2.75) is 45.6 Å². The lowest BCUT2D eigenvalue weighted by molar-refractivity contribution is -0.121. The summed E-state index contributed by atoms with van der Waals surface area (Å²) in [5.41, 5.74) is 1.95. The highest BCUT2D eigenvalue weighted by Crippen LogP contribution is 2.18. The predicted octanol–water partition coefficient (Wildman–Crippen LogP) is 1.84. The van der Waals surface area contributed by atoms with E-state index in [1.54, 1.807) is 25.1 Å². The summed E-state index contributed by atoms with van der Waals surface area (Å²) in [6.07, 6.45) is 0. The second-order valence-electron chi connectivity index (χ2n) is 5.40. The Morgan fingerprint density at radius 1 is 1.24 bits per heavy atom. The smallest absolute Gasteiger partial charge is 0.243 e. The molecule has 1 aromatic rings. The van der Waals surface area contributed by atoms with Crippen LogP contribution in [0.5, 0.6) is 0 Å². The molecule has 0 bridgehead atoms. The molecule has 1 rings (SSSR count). The molecule has 0 heterocycles. The molecule has 0 atom stereocenters. The van der Waals surface area contributed by atoms with E-state index in [1.807, 2.05) is 27.7 Å². The maximum atomic E-state index is 12.6. The van der Waals surface area contributed by atoms with E-state index in [9.17, 15) is 13.2 Å². The van der Waals surface area contributed by atoms with Crippen LogP contribution in [-0.2, 0) is 14.8 Å². The van der Waals surface area contributed by atoms with Crippen LogP contribution in [0.3, 0.4) is 0 Å². The number of rotatable bonds is 6. The van der Waals surface area contributed by atoms with Crippen molar-refractivity contribution in [2.75, 3.05) is 13.1 Å². The second kappa shape index (κ2) is 7.04. The van der Waals surface area contributed by atoms with Crippen molar-refractivity contribution < 1.29 is 13.2 Å². The van der Waals surface area contributed by atoms with Crippen molar-refractivity contribution in [1.29, 1.82) is 0 Å². The van der Waals surface area contributed by atoms with Gasteiger partial charge in [0.15, 0.2) is 0 Å². The van der Waals surface area contributed by atoms with E-state index in [4.69, 9.17) is 0 Å². The van der Waals surface area contributed by atoms with Crippen LogP contribution in [0.15, 0.2) is 23.1 Å². The van der Waals surface area contributed by atoms with Crippen LogP contribution in [0.2, 0.25) is 0 Å². The zero-order chi connectivity index (χ0) is 16.2. The first-order valence-corrected chi connectivity index (χ1v) is 8.49. The number of benzene rings is 1. The molecule has 0 spiro atoms. The molecule has 0 unspecified atom stereocenters. The summed E-state index contributed by atoms with van der Waals surface area (Å²) in [5.74, 6) is -0.292. The molecule has 0 aliphatic heterocycles. The molecular weight excluding hydrogens is 288 g/mol. The topological polar surface area (TPSA) is 66.5 Å². The number of nitrogens with zero attached hydrogens (tertiary/aromatic N) is 1. The third-order valence-corrected chi connectivity index (χ3v) is 5.16. The van der Waals surface area contributed by atoms with Crippen LogP contribution in [0.4, 0.5) is 0 Å². The third-order valence-electron chi connectivity index (χ3n) is 3.24. The minimum atomic E-state index is -3.65. The highest BCUT2D eigenvalue weighted by molar-refractivity contribution is 7.89. The number of hydrogen-bond donors (Lipinski definition) is 1. The van der Waals surface area contributed by atoms with Gasteiger partial charge in [0.05, 0.1) is 11.4 Å². The minimum absolute atomic E-state index is 0.0134. The minimum Gasteiger partial charge on any atom is -0.353 e. The molecule has 21 heavy (non-hydrogen) atoms. The number of nitrogens with one attached hydrogen (secondary N) is 1. The molecule has 0 radical (unpaired) electrons. The molecule has 1 N–H and O–H groups in total. The van der Waals surface area contributed by atoms with E-state index < -0.39 is 10.0 Å². The van der Waals surface area contributed by atoms with Gasteiger partial charge in [0.2, 0.25) is 15.9 Å². The van der Waals surface area contributed by atoms with Gasteiger partial charge >= 0.3 is 0 Å². The lowest BCUT2D eigenvalue weighted by Gasteiger charge is -2.21. The van der Waals surface area contributed by atoms with Crippen molar-refractivity contribution >= 4 is 15.9 Å². The Balaban J connectivity index is 3.02. The molecule has 0 saturated heterocycles. The van der Waals surface area contributed by atoms with E-state index in [0.717, 1.165) is 11.1 Å². The fraction of sp³-hybridized carbons (Fsp3) is 0.533. The third kappa shape index (κ3) is 4.54. The summed E-state index contributed by atoms with van der Waals surface area (Å²) in [5, 5.41) is 2.71. The van der Waals surface area contributed by atoms with Crippen molar-refractivity contribution in [1.82, 2.24) is 9.62 Å². The number of sulfonamides is 1. The van der Waals surface area contributed by atoms with Crippen LogP contribution in [-0.4, -0.2) is 37.8 Å². The molecule has 5 nitrogen and oxygen atoms in total. The van der Waals surface area contributed by atoms with E-state index in [-0.39, 0.29) is 29.9 Å². The van der Waals surface area contributed by atoms with Gasteiger partial charge < -0.3 is 5.32 Å². The maximum Gasteiger partial charge on any atom is 0.243 e. The van der Waals surface area contributed by atoms with E-state index in [0.29, 0.717) is 0 Å². The van der Waals surface area contributed by atoms with E-state index >= 15 is 0 Å². The van der Waals surface area contributed by atoms with Gasteiger partial charge in [0, 0.05) is 12.6 Å². The van der Waals surface area contributed by atoms with Crippen LogP contribution >= 0.6 is 0 Å². The number of carbonyl (C=O) groups excluding carboxylic acids is 1. The number of amides is 1. The standard InChI is InChI=1S/C15H24N2O3S/c1-6-17(10-15(18)16-11(2)3)21(19,20)14-8-7-12(4)13(5)9-14/h7-9,11H,6,10H2,1-5H3,(H,16,18). The zero-order valence-corrected chi connectivity index (χ0v) is 14.1. The van der Waals surface area contributed by atoms with Crippen LogP contribution in [0.1, 0.15) is 31.9 Å². The largest absolute Gasteiger partial charge is 0.353 e. The van der Waals surface area contributed by atoms with Crippen molar-refractivity contribution in [3.63, 3.8) is 0 Å². The Bertz CT molecular complexity index is 609. The number of aryl methyl sites for hydroxylation is 2. The molecule has 0 aromatic heterocycles. The first-order chi connectivity index (χ1) is 9.68. The highest BCUT2D eigenvalue weighted by Gasteiger charge is 2.25. The summed E-state index contributed by atoms with van der Waals surface area (Å²) in [4.78, 5) is 12.0. The molecule has 118 valence electrons. The van der Waals surface area contributed by atoms with Crippen molar-refractivity contribution in [3.05, 3.63) is 29.3 Å². The Morgan fingerprint density at radius 2 is 1.86 bits per heavy atom. The average molecular weight is 312 g/mol. The van der Waals surface area contributed by atoms with Gasteiger partial charge in [0.1, 0.15) is 0 Å². The predicted molar refractivity (Wildman–Crippen MR) is 83.6 cm³/mol. The van der Waals surface area contributed by atoms with Gasteiger partial charge in [0.25, 0.3) is 0 Å². The quantitative estimate of drug-likeness (QED) is 0.871. The maximum absolute atomic E-state index is 12.6. The molecule has 6 heteroatoms. The summed E-state index contributed by atoms with van der Waals surface area (Å²) < 4.78 is 26.4. The van der Waals surface area contributed by atoms with E-state index in [2.05, 4.69) is 5.32 Å². The first kappa shape index (κ1) is 17.7. The van der Waals surface area contributed by atoms with Gasteiger partial charge in [-0.15, -0.1) is 0 Å². The Labute approximate surface area is 127 Å². The van der Waals surface area contributed by atoms with Gasteiger partial charge in [-0.1, -0.05) is 13.0 Å². The van der Waals surface area contributed by atoms with E-state index in [1.165, 1.54) is 4.31 Å². The summed E-state index contributed by atoms with van der Waals surface area (Å²) in [6, 6.07) is 5.00. The fourth-order valence-corrected chi connectivity index (χ4v) is 3.41. The number of hydrogen-bond acceptors (Lipinski definition) is 3. The molecule has 0 saturated carbocycles. The summed E-state index contributed by atoms with van der Waals surface area (Å²) in [7, 11) is -3.65. The fourth-order valence-electron chi connectivity index (χ4n) is 1.92. The van der Waals surface area contributed by atoms with Crippen molar-refractivity contribution in [3.8, 4) is 0 Å². The Hall–Kier alpha value is -1.40. The lowest BCUT2D eigenvalue weighted by atomic mass is 10.1. The molecule has 0 aliphatic carbocycles. The lowest BCUT2D eigenvalue weighted by Crippen LogP contribution is -2.42. The summed E-state index contributed by atoms with van der Waals surface area (Å²) >= 11 is 0. The van der Waals surface area contributed by atoms with Crippen LogP contribution in [0, 0.1) is 13.8 Å². The van der Waals surface area contributed by atoms with Gasteiger partial charge in [-0.3, -0.25) is 4.79 Å². The SMILES string of the molecule is CCN(CC(=O)NC(C)C)S(=O)(=O)c1ccc(C)c(C)c1. The Morgan fingerprint density at radius 3 is 2.33 bits per heavy atom. The van der Waals surface area contributed by atoms with Crippen LogP contribution < -0.4 is 5.32 Å². The zero-order valence-electron chi connectivity index (χ0n) is 13.3. The van der Waals surface area contributed by atoms with Crippen molar-refractivity contribution in [2.24, 2.45) is 0 Å². The van der Waals surface area contributed by atoms with Gasteiger partial charge in [-0.25, -0.2) is 8.42 Å². The first-order valence-electron chi connectivity index (χ1n) is 7.05. The Kier molecular flexibility index (Phi) is 5.92. The van der Waals surface area contributed by atoms with Crippen LogP contribution in [0.25, 0.3) is 0 Å². The molecule has 0 aliphatic rings. The summed E-state index contributed by atoms with van der Waals surface area (Å²) in [6.45, 7) is 9.29. The number of carbonyl (C=O) groups is 1. The second-order valence-corrected chi connectivity index (χ2v) is 7.34. The highest BCUT2D eigenvalue weighted by atomic mass is 32.2. The monoisotopic (exact) mass is 312 g/mol. The normalized spacial score (nSPS) is 12.0. The molecule has 1 amide bonds. The molecular formula is C15H24N2O3S. The average Bonchev–Trinajstić information content (AvgIpc) is 2.37.